The van der Waals surface area contributed by atoms with Crippen molar-refractivity contribution >= 4 is 17.3 Å². The molecule has 0 saturated heterocycles. The minimum absolute atomic E-state index is 0.592. The fourth-order valence-corrected chi connectivity index (χ4v) is 2.29. The Bertz CT molecular complexity index is 186. The third-order valence-corrected chi connectivity index (χ3v) is 3.17. The van der Waals surface area contributed by atoms with E-state index in [-0.39, 0.29) is 0 Å². The molecule has 1 aliphatic rings. The maximum atomic E-state index is 5.28. The molecule has 4 heteroatoms. The molecule has 0 unspecified atom stereocenters. The molecule has 3 nitrogen and oxygen atoms in total. The zero-order valence-electron chi connectivity index (χ0n) is 9.88. The molecular weight excluding hydrogens is 206 g/mol. The average molecular weight is 229 g/mol. The number of nitrogens with one attached hydrogen (secondary N) is 2. The topological polar surface area (TPSA) is 27.3 Å². The first-order valence-corrected chi connectivity index (χ1v) is 6.49. The lowest BCUT2D eigenvalue weighted by atomic mass is 9.96. The van der Waals surface area contributed by atoms with Crippen LogP contribution in [0.4, 0.5) is 0 Å². The van der Waals surface area contributed by atoms with Crippen LogP contribution in [0.2, 0.25) is 0 Å². The lowest BCUT2D eigenvalue weighted by molar-refractivity contribution is 0.258. The summed E-state index contributed by atoms with van der Waals surface area (Å²) in [5, 5.41) is 6.29. The van der Waals surface area contributed by atoms with E-state index in [0.717, 1.165) is 18.2 Å². The fraction of sp³-hybridized carbons (Fsp3) is 0.909. The van der Waals surface area contributed by atoms with Gasteiger partial charge in [0.1, 0.15) is 0 Å². The van der Waals surface area contributed by atoms with Crippen LogP contribution in [0, 0.1) is 0 Å². The molecule has 1 fully saturated rings. The summed E-state index contributed by atoms with van der Waals surface area (Å²) in [6.07, 6.45) is 6.59. The summed E-state index contributed by atoms with van der Waals surface area (Å²) in [6.45, 7) is 6.20. The van der Waals surface area contributed by atoms with E-state index in [2.05, 4.69) is 29.6 Å². The van der Waals surface area contributed by atoms with Gasteiger partial charge in [-0.05, 0) is 25.1 Å². The van der Waals surface area contributed by atoms with Crippen molar-refractivity contribution in [3.05, 3.63) is 0 Å². The molecule has 2 N–H and O–H groups in total. The van der Waals surface area contributed by atoms with Crippen molar-refractivity contribution in [1.29, 1.82) is 0 Å². The Kier molecular flexibility index (Phi) is 5.95. The van der Waals surface area contributed by atoms with E-state index in [4.69, 9.17) is 12.2 Å². The monoisotopic (exact) mass is 229 g/mol. The van der Waals surface area contributed by atoms with Gasteiger partial charge in [-0.1, -0.05) is 33.1 Å². The van der Waals surface area contributed by atoms with Crippen molar-refractivity contribution in [3.8, 4) is 0 Å². The molecule has 1 aliphatic carbocycles. The number of hydrogen-bond donors (Lipinski definition) is 2. The van der Waals surface area contributed by atoms with E-state index in [1.165, 1.54) is 32.1 Å². The molecule has 0 radical (unpaired) electrons. The molecule has 1 saturated carbocycles. The lowest BCUT2D eigenvalue weighted by Crippen LogP contribution is -2.50. The largest absolute Gasteiger partial charge is 0.359 e. The van der Waals surface area contributed by atoms with Gasteiger partial charge < -0.3 is 5.32 Å². The van der Waals surface area contributed by atoms with Gasteiger partial charge in [-0.2, -0.15) is 0 Å². The Labute approximate surface area is 98.6 Å². The molecule has 0 heterocycles. The van der Waals surface area contributed by atoms with Gasteiger partial charge in [0.15, 0.2) is 5.11 Å². The summed E-state index contributed by atoms with van der Waals surface area (Å²) in [6, 6.07) is 0.592. The van der Waals surface area contributed by atoms with Crippen LogP contribution in [0.3, 0.4) is 0 Å². The first-order valence-electron chi connectivity index (χ1n) is 6.08. The van der Waals surface area contributed by atoms with Crippen LogP contribution in [-0.2, 0) is 0 Å². The maximum absolute atomic E-state index is 5.28. The summed E-state index contributed by atoms with van der Waals surface area (Å²) >= 11 is 5.28. The second-order valence-electron chi connectivity index (χ2n) is 4.09. The third kappa shape index (κ3) is 4.80. The SMILES string of the molecule is CCN(CC)NC(=S)NC1CCCCC1. The minimum atomic E-state index is 0.592. The first kappa shape index (κ1) is 12.7. The van der Waals surface area contributed by atoms with Crippen LogP contribution >= 0.6 is 12.2 Å². The molecule has 0 aromatic heterocycles. The molecule has 88 valence electrons. The molecule has 0 bridgehead atoms. The summed E-state index contributed by atoms with van der Waals surface area (Å²) in [4.78, 5) is 0. The highest BCUT2D eigenvalue weighted by Crippen LogP contribution is 2.17. The molecule has 0 amide bonds. The van der Waals surface area contributed by atoms with Gasteiger partial charge in [0.05, 0.1) is 0 Å². The van der Waals surface area contributed by atoms with Gasteiger partial charge in [0.25, 0.3) is 0 Å². The fourth-order valence-electron chi connectivity index (χ4n) is 1.99. The Morgan fingerprint density at radius 3 is 2.33 bits per heavy atom. The van der Waals surface area contributed by atoms with Gasteiger partial charge in [-0.15, -0.1) is 0 Å². The van der Waals surface area contributed by atoms with E-state index in [9.17, 15) is 0 Å². The molecule has 0 aromatic rings. The molecule has 0 atom stereocenters. The summed E-state index contributed by atoms with van der Waals surface area (Å²) in [5.41, 5.74) is 3.22. The number of nitrogens with zero attached hydrogens (tertiary/aromatic N) is 1. The van der Waals surface area contributed by atoms with Gasteiger partial charge in [-0.3, -0.25) is 5.43 Å². The number of hydrogen-bond acceptors (Lipinski definition) is 2. The van der Waals surface area contributed by atoms with Crippen LogP contribution in [0.5, 0.6) is 0 Å². The highest BCUT2D eigenvalue weighted by molar-refractivity contribution is 7.80. The average Bonchev–Trinajstić information content (AvgIpc) is 2.27. The van der Waals surface area contributed by atoms with E-state index in [0.29, 0.717) is 6.04 Å². The summed E-state index contributed by atoms with van der Waals surface area (Å²) < 4.78 is 0. The van der Waals surface area contributed by atoms with Crippen LogP contribution < -0.4 is 10.7 Å². The van der Waals surface area contributed by atoms with Crippen molar-refractivity contribution in [2.75, 3.05) is 13.1 Å². The van der Waals surface area contributed by atoms with E-state index >= 15 is 0 Å². The second kappa shape index (κ2) is 7.01. The van der Waals surface area contributed by atoms with Crippen LogP contribution in [0.1, 0.15) is 46.0 Å². The zero-order chi connectivity index (χ0) is 11.1. The van der Waals surface area contributed by atoms with Crippen molar-refractivity contribution < 1.29 is 0 Å². The Hall–Kier alpha value is -0.350. The van der Waals surface area contributed by atoms with Crippen molar-refractivity contribution in [3.63, 3.8) is 0 Å². The normalized spacial score (nSPS) is 17.8. The van der Waals surface area contributed by atoms with Gasteiger partial charge in [-0.25, -0.2) is 5.01 Å². The van der Waals surface area contributed by atoms with Gasteiger partial charge in [0, 0.05) is 19.1 Å². The molecule has 0 spiro atoms. The molecule has 0 aromatic carbocycles. The minimum Gasteiger partial charge on any atom is -0.359 e. The van der Waals surface area contributed by atoms with Crippen LogP contribution in [0.25, 0.3) is 0 Å². The van der Waals surface area contributed by atoms with Crippen LogP contribution in [-0.4, -0.2) is 29.3 Å². The smallest absolute Gasteiger partial charge is 0.181 e. The molecule has 1 rings (SSSR count). The van der Waals surface area contributed by atoms with Crippen LogP contribution in [0.15, 0.2) is 0 Å². The Balaban J connectivity index is 2.21. The number of rotatable bonds is 4. The maximum Gasteiger partial charge on any atom is 0.181 e. The highest BCUT2D eigenvalue weighted by Gasteiger charge is 2.14. The third-order valence-electron chi connectivity index (χ3n) is 2.96. The predicted molar refractivity (Wildman–Crippen MR) is 68.7 cm³/mol. The number of thiocarbonyl (C=S) groups is 1. The van der Waals surface area contributed by atoms with E-state index < -0.39 is 0 Å². The summed E-state index contributed by atoms with van der Waals surface area (Å²) in [5.74, 6) is 0. The van der Waals surface area contributed by atoms with Gasteiger partial charge in [0.2, 0.25) is 0 Å². The highest BCUT2D eigenvalue weighted by atomic mass is 32.1. The number of hydrazine groups is 1. The van der Waals surface area contributed by atoms with Gasteiger partial charge >= 0.3 is 0 Å². The zero-order valence-corrected chi connectivity index (χ0v) is 10.7. The van der Waals surface area contributed by atoms with E-state index in [1.807, 2.05) is 0 Å². The summed E-state index contributed by atoms with van der Waals surface area (Å²) in [7, 11) is 0. The quantitative estimate of drug-likeness (QED) is 0.570. The van der Waals surface area contributed by atoms with Crippen molar-refractivity contribution in [2.45, 2.75) is 52.0 Å². The molecule has 15 heavy (non-hydrogen) atoms. The Morgan fingerprint density at radius 1 is 1.20 bits per heavy atom. The standard InChI is InChI=1S/C11H23N3S/c1-3-14(4-2)13-11(15)12-10-8-6-5-7-9-10/h10H,3-9H2,1-2H3,(H2,12,13,15). The predicted octanol–water partition coefficient (Wildman–Crippen LogP) is 2.04. The molecular formula is C11H23N3S. The Morgan fingerprint density at radius 2 is 1.80 bits per heavy atom. The molecule has 0 aliphatic heterocycles. The lowest BCUT2D eigenvalue weighted by Gasteiger charge is -2.27. The first-order chi connectivity index (χ1) is 7.26. The van der Waals surface area contributed by atoms with E-state index in [1.54, 1.807) is 0 Å². The second-order valence-corrected chi connectivity index (χ2v) is 4.50. The van der Waals surface area contributed by atoms with Crippen molar-refractivity contribution in [1.82, 2.24) is 15.8 Å². The van der Waals surface area contributed by atoms with Crippen molar-refractivity contribution in [2.24, 2.45) is 0 Å².